The summed E-state index contributed by atoms with van der Waals surface area (Å²) >= 11 is 0. The molecule has 1 rings (SSSR count). The van der Waals surface area contributed by atoms with E-state index in [1.54, 1.807) is 0 Å². The molecule has 0 radical (unpaired) electrons. The van der Waals surface area contributed by atoms with E-state index in [4.69, 9.17) is 5.73 Å². The molecule has 1 heterocycles. The Morgan fingerprint density at radius 1 is 1.06 bits per heavy atom. The molecule has 1 aliphatic rings. The van der Waals surface area contributed by atoms with E-state index in [0.717, 1.165) is 0 Å². The molecule has 3 N–H and O–H groups in total. The van der Waals surface area contributed by atoms with Crippen molar-refractivity contribution in [2.24, 2.45) is 5.73 Å². The Balaban J connectivity index is 0.000000293. The molecule has 3 heteroatoms. The minimum Gasteiger partial charge on any atom is -0.328 e. The third-order valence-electron chi connectivity index (χ3n) is 2.93. The van der Waals surface area contributed by atoms with E-state index in [9.17, 15) is 0 Å². The quantitative estimate of drug-likeness (QED) is 0.707. The molecule has 3 nitrogen and oxygen atoms in total. The Kier molecular flexibility index (Phi) is 11.3. The van der Waals surface area contributed by atoms with E-state index < -0.39 is 0 Å². The average Bonchev–Trinajstić information content (AvgIpc) is 2.32. The lowest BCUT2D eigenvalue weighted by atomic mass is 10.1. The summed E-state index contributed by atoms with van der Waals surface area (Å²) in [6.45, 7) is 12.5. The Hall–Kier alpha value is -0.120. The third-order valence-corrected chi connectivity index (χ3v) is 2.93. The molecule has 0 aromatic carbocycles. The van der Waals surface area contributed by atoms with Gasteiger partial charge in [0.15, 0.2) is 0 Å². The number of rotatable bonds is 5. The fourth-order valence-electron chi connectivity index (χ4n) is 1.75. The highest BCUT2D eigenvalue weighted by molar-refractivity contribution is 4.72. The van der Waals surface area contributed by atoms with E-state index in [0.29, 0.717) is 6.04 Å². The summed E-state index contributed by atoms with van der Waals surface area (Å²) in [5, 5.41) is 3.28. The van der Waals surface area contributed by atoms with Gasteiger partial charge in [-0.2, -0.15) is 0 Å². The van der Waals surface area contributed by atoms with Crippen molar-refractivity contribution in [1.29, 1.82) is 0 Å². The van der Waals surface area contributed by atoms with Crippen LogP contribution in [0.5, 0.6) is 0 Å². The average molecular weight is 229 g/mol. The summed E-state index contributed by atoms with van der Waals surface area (Å²) in [6, 6.07) is 0.479. The number of nitrogens with one attached hydrogen (secondary N) is 1. The van der Waals surface area contributed by atoms with Crippen molar-refractivity contribution in [1.82, 2.24) is 10.2 Å². The lowest BCUT2D eigenvalue weighted by Gasteiger charge is -2.28. The second-order valence-electron chi connectivity index (χ2n) is 4.52. The van der Waals surface area contributed by atoms with Gasteiger partial charge in [-0.05, 0) is 58.4 Å². The Labute approximate surface area is 102 Å². The first-order chi connectivity index (χ1) is 7.74. The predicted octanol–water partition coefficient (Wildman–Crippen LogP) is 1.83. The van der Waals surface area contributed by atoms with Crippen molar-refractivity contribution in [2.75, 3.05) is 32.7 Å². The van der Waals surface area contributed by atoms with Gasteiger partial charge in [-0.25, -0.2) is 0 Å². The van der Waals surface area contributed by atoms with Crippen LogP contribution in [0.25, 0.3) is 0 Å². The molecular weight excluding hydrogens is 198 g/mol. The van der Waals surface area contributed by atoms with E-state index in [-0.39, 0.29) is 0 Å². The van der Waals surface area contributed by atoms with Gasteiger partial charge in [-0.1, -0.05) is 20.8 Å². The number of nitrogens with two attached hydrogens (primary N) is 1. The highest BCUT2D eigenvalue weighted by Gasteiger charge is 2.13. The molecular formula is C13H31N3. The first-order valence-electron chi connectivity index (χ1n) is 6.93. The molecule has 0 unspecified atom stereocenters. The second-order valence-corrected chi connectivity index (χ2v) is 4.52. The van der Waals surface area contributed by atoms with Gasteiger partial charge in [0.25, 0.3) is 0 Å². The van der Waals surface area contributed by atoms with Crippen LogP contribution in [0.3, 0.4) is 0 Å². The molecule has 0 saturated carbocycles. The van der Waals surface area contributed by atoms with Crippen molar-refractivity contribution in [3.05, 3.63) is 0 Å². The lowest BCUT2D eigenvalue weighted by Crippen LogP contribution is -2.39. The summed E-state index contributed by atoms with van der Waals surface area (Å²) in [7, 11) is 0. The van der Waals surface area contributed by atoms with Crippen LogP contribution >= 0.6 is 0 Å². The highest BCUT2D eigenvalue weighted by atomic mass is 15.1. The van der Waals surface area contributed by atoms with E-state index in [1.165, 1.54) is 58.4 Å². The summed E-state index contributed by atoms with van der Waals surface area (Å²) < 4.78 is 0. The van der Waals surface area contributed by atoms with E-state index >= 15 is 0 Å². The summed E-state index contributed by atoms with van der Waals surface area (Å²) in [4.78, 5) is 2.45. The monoisotopic (exact) mass is 229 g/mol. The summed E-state index contributed by atoms with van der Waals surface area (Å²) in [5.74, 6) is 0. The summed E-state index contributed by atoms with van der Waals surface area (Å²) in [5.41, 5.74) is 5.72. The topological polar surface area (TPSA) is 41.3 Å². The molecule has 0 atom stereocenters. The van der Waals surface area contributed by atoms with Crippen LogP contribution in [0.15, 0.2) is 0 Å². The van der Waals surface area contributed by atoms with Crippen LogP contribution in [-0.2, 0) is 0 Å². The van der Waals surface area contributed by atoms with Crippen LogP contribution in [0.1, 0.15) is 46.5 Å². The predicted molar refractivity (Wildman–Crippen MR) is 72.8 cm³/mol. The minimum absolute atomic E-state index is 0.479. The van der Waals surface area contributed by atoms with E-state index in [1.807, 2.05) is 0 Å². The molecule has 0 bridgehead atoms. The molecule has 1 aliphatic heterocycles. The van der Waals surface area contributed by atoms with Gasteiger partial charge in [-0.3, -0.25) is 0 Å². The zero-order valence-electron chi connectivity index (χ0n) is 11.5. The largest absolute Gasteiger partial charge is 0.328 e. The Morgan fingerprint density at radius 2 is 1.56 bits per heavy atom. The standard InChI is InChI=1S/C7H16N2.C6H15N/c1-2-9-5-3-7(8)4-6-9;1-3-5-7-6-4-2/h7H,2-6,8H2,1H3;7H,3-6H2,1-2H3. The maximum atomic E-state index is 5.72. The molecule has 0 aromatic heterocycles. The number of nitrogens with zero attached hydrogens (tertiary/aromatic N) is 1. The molecule has 0 amide bonds. The van der Waals surface area contributed by atoms with Crippen LogP contribution in [0.2, 0.25) is 0 Å². The SMILES string of the molecule is CCCNCCC.CCN1CCC(N)CC1. The minimum atomic E-state index is 0.479. The Morgan fingerprint density at radius 3 is 1.94 bits per heavy atom. The van der Waals surface area contributed by atoms with Gasteiger partial charge in [0.1, 0.15) is 0 Å². The number of hydrogen-bond acceptors (Lipinski definition) is 3. The van der Waals surface area contributed by atoms with Gasteiger partial charge < -0.3 is 16.0 Å². The third kappa shape index (κ3) is 9.13. The molecule has 16 heavy (non-hydrogen) atoms. The molecule has 0 aromatic rings. The molecule has 0 aliphatic carbocycles. The Bertz CT molecular complexity index is 127. The molecule has 1 fully saturated rings. The van der Waals surface area contributed by atoms with Crippen LogP contribution in [0, 0.1) is 0 Å². The van der Waals surface area contributed by atoms with Crippen molar-refractivity contribution in [2.45, 2.75) is 52.5 Å². The number of piperidine rings is 1. The smallest absolute Gasteiger partial charge is 0.00631 e. The molecule has 0 spiro atoms. The van der Waals surface area contributed by atoms with Crippen LogP contribution in [-0.4, -0.2) is 43.7 Å². The zero-order chi connectivity index (χ0) is 12.2. The van der Waals surface area contributed by atoms with Gasteiger partial charge in [0.2, 0.25) is 0 Å². The lowest BCUT2D eigenvalue weighted by molar-refractivity contribution is 0.223. The fourth-order valence-corrected chi connectivity index (χ4v) is 1.75. The van der Waals surface area contributed by atoms with Crippen LogP contribution in [0.4, 0.5) is 0 Å². The number of hydrogen-bond donors (Lipinski definition) is 2. The van der Waals surface area contributed by atoms with Crippen molar-refractivity contribution >= 4 is 0 Å². The van der Waals surface area contributed by atoms with Gasteiger partial charge in [0, 0.05) is 6.04 Å². The molecule has 98 valence electrons. The normalized spacial score (nSPS) is 18.0. The van der Waals surface area contributed by atoms with Gasteiger partial charge in [-0.15, -0.1) is 0 Å². The first-order valence-corrected chi connectivity index (χ1v) is 6.93. The van der Waals surface area contributed by atoms with Gasteiger partial charge in [0.05, 0.1) is 0 Å². The van der Waals surface area contributed by atoms with Crippen molar-refractivity contribution in [3.8, 4) is 0 Å². The number of likely N-dealkylation sites (tertiary alicyclic amines) is 1. The first kappa shape index (κ1) is 15.9. The van der Waals surface area contributed by atoms with Crippen molar-refractivity contribution < 1.29 is 0 Å². The summed E-state index contributed by atoms with van der Waals surface area (Å²) in [6.07, 6.45) is 4.88. The fraction of sp³-hybridized carbons (Fsp3) is 1.00. The second kappa shape index (κ2) is 11.4. The zero-order valence-corrected chi connectivity index (χ0v) is 11.5. The van der Waals surface area contributed by atoms with E-state index in [2.05, 4.69) is 31.0 Å². The maximum absolute atomic E-state index is 5.72. The van der Waals surface area contributed by atoms with Gasteiger partial charge >= 0.3 is 0 Å². The van der Waals surface area contributed by atoms with Crippen molar-refractivity contribution in [3.63, 3.8) is 0 Å². The van der Waals surface area contributed by atoms with Crippen LogP contribution < -0.4 is 11.1 Å². The molecule has 1 saturated heterocycles. The maximum Gasteiger partial charge on any atom is 0.00631 e. The highest BCUT2D eigenvalue weighted by Crippen LogP contribution is 2.06.